The van der Waals surface area contributed by atoms with Crippen LogP contribution in [0.25, 0.3) is 0 Å². The van der Waals surface area contributed by atoms with Crippen LogP contribution in [-0.4, -0.2) is 44.3 Å². The molecule has 0 aliphatic heterocycles. The summed E-state index contributed by atoms with van der Waals surface area (Å²) < 4.78 is 29.1. The molecule has 3 aromatic carbocycles. The molecule has 0 spiro atoms. The Balaban J connectivity index is 2.05. The first-order chi connectivity index (χ1) is 18.8. The summed E-state index contributed by atoms with van der Waals surface area (Å²) in [5.74, 6) is -0.598. The summed E-state index contributed by atoms with van der Waals surface area (Å²) in [5.41, 5.74) is 3.73. The van der Waals surface area contributed by atoms with Gasteiger partial charge in [0.2, 0.25) is 11.8 Å². The van der Waals surface area contributed by atoms with Gasteiger partial charge in [0.1, 0.15) is 12.6 Å². The van der Waals surface area contributed by atoms with Crippen molar-refractivity contribution in [3.05, 3.63) is 94.0 Å². The van der Waals surface area contributed by atoms with E-state index in [2.05, 4.69) is 5.32 Å². The number of aryl methyl sites for hydroxylation is 3. The number of sulfonamides is 1. The van der Waals surface area contributed by atoms with Gasteiger partial charge in [0, 0.05) is 18.1 Å². The van der Waals surface area contributed by atoms with Crippen LogP contribution in [0.5, 0.6) is 0 Å². The highest BCUT2D eigenvalue weighted by Gasteiger charge is 2.33. The first-order valence-corrected chi connectivity index (χ1v) is 15.1. The van der Waals surface area contributed by atoms with Gasteiger partial charge in [-0.25, -0.2) is 8.42 Å². The van der Waals surface area contributed by atoms with Gasteiger partial charge in [-0.15, -0.1) is 0 Å². The minimum atomic E-state index is -4.12. The number of benzene rings is 3. The maximum atomic E-state index is 14.0. The van der Waals surface area contributed by atoms with Crippen molar-refractivity contribution in [3.63, 3.8) is 0 Å². The molecule has 0 saturated heterocycles. The van der Waals surface area contributed by atoms with E-state index in [4.69, 9.17) is 11.6 Å². The average molecular weight is 584 g/mol. The van der Waals surface area contributed by atoms with Crippen LogP contribution in [0.3, 0.4) is 0 Å². The highest BCUT2D eigenvalue weighted by atomic mass is 35.5. The van der Waals surface area contributed by atoms with Crippen LogP contribution in [0, 0.1) is 26.7 Å². The molecule has 214 valence electrons. The number of halogens is 1. The highest BCUT2D eigenvalue weighted by molar-refractivity contribution is 7.92. The molecule has 0 saturated carbocycles. The summed E-state index contributed by atoms with van der Waals surface area (Å²) >= 11 is 6.20. The second-order valence-corrected chi connectivity index (χ2v) is 12.9. The Kier molecular flexibility index (Phi) is 10.4. The number of carbonyl (C=O) groups is 2. The molecule has 1 N–H and O–H groups in total. The number of hydrogen-bond donors (Lipinski definition) is 1. The molecule has 0 aliphatic carbocycles. The molecule has 0 aromatic heterocycles. The van der Waals surface area contributed by atoms with Gasteiger partial charge in [-0.2, -0.15) is 0 Å². The third-order valence-corrected chi connectivity index (χ3v) is 8.61. The van der Waals surface area contributed by atoms with E-state index < -0.39 is 28.5 Å². The van der Waals surface area contributed by atoms with E-state index in [9.17, 15) is 18.0 Å². The van der Waals surface area contributed by atoms with Crippen LogP contribution in [0.15, 0.2) is 71.6 Å². The second kappa shape index (κ2) is 13.3. The van der Waals surface area contributed by atoms with Crippen LogP contribution >= 0.6 is 11.6 Å². The van der Waals surface area contributed by atoms with Gasteiger partial charge < -0.3 is 10.2 Å². The van der Waals surface area contributed by atoms with Crippen molar-refractivity contribution in [2.24, 2.45) is 5.92 Å². The van der Waals surface area contributed by atoms with Gasteiger partial charge in [0.05, 0.1) is 10.6 Å². The maximum Gasteiger partial charge on any atom is 0.264 e. The minimum absolute atomic E-state index is 0.0787. The van der Waals surface area contributed by atoms with E-state index in [0.29, 0.717) is 22.8 Å². The Bertz CT molecular complexity index is 1460. The zero-order chi connectivity index (χ0) is 29.6. The van der Waals surface area contributed by atoms with Crippen molar-refractivity contribution in [2.75, 3.05) is 17.4 Å². The molecule has 2 amide bonds. The summed E-state index contributed by atoms with van der Waals surface area (Å²) in [6.45, 7) is 11.3. The quantitative estimate of drug-likeness (QED) is 0.316. The Hall–Kier alpha value is -3.36. The summed E-state index contributed by atoms with van der Waals surface area (Å²) in [7, 11) is -4.12. The second-order valence-electron chi connectivity index (χ2n) is 10.6. The van der Waals surface area contributed by atoms with E-state index in [0.717, 1.165) is 21.0 Å². The zero-order valence-electron chi connectivity index (χ0n) is 23.9. The van der Waals surface area contributed by atoms with Crippen LogP contribution in [0.2, 0.25) is 5.02 Å². The normalized spacial score (nSPS) is 12.2. The van der Waals surface area contributed by atoms with E-state index >= 15 is 0 Å². The lowest BCUT2D eigenvalue weighted by Gasteiger charge is -2.32. The van der Waals surface area contributed by atoms with Crippen molar-refractivity contribution in [1.29, 1.82) is 0 Å². The molecular formula is C31H38ClN3O4S. The molecule has 1 atom stereocenters. The van der Waals surface area contributed by atoms with Crippen molar-refractivity contribution < 1.29 is 18.0 Å². The fourth-order valence-corrected chi connectivity index (χ4v) is 5.99. The monoisotopic (exact) mass is 583 g/mol. The number of carbonyl (C=O) groups excluding carboxylic acids is 2. The van der Waals surface area contributed by atoms with Crippen molar-refractivity contribution in [2.45, 2.75) is 59.0 Å². The molecule has 0 heterocycles. The summed E-state index contributed by atoms with van der Waals surface area (Å²) in [6, 6.07) is 18.1. The SMILES string of the molecule is Cc1ccc(S(=O)(=O)N(CC(=O)N(Cc2cccc(Cl)c2)[C@@H](C)C(=O)NCC(C)C)c2ccc(C)cc2C)cc1. The molecule has 3 aromatic rings. The minimum Gasteiger partial charge on any atom is -0.354 e. The zero-order valence-corrected chi connectivity index (χ0v) is 25.5. The molecule has 0 radical (unpaired) electrons. The number of rotatable bonds is 11. The van der Waals surface area contributed by atoms with Crippen LogP contribution in [0.4, 0.5) is 5.69 Å². The maximum absolute atomic E-state index is 14.0. The van der Waals surface area contributed by atoms with Gasteiger partial charge >= 0.3 is 0 Å². The lowest BCUT2D eigenvalue weighted by Crippen LogP contribution is -2.51. The molecule has 3 rings (SSSR count). The number of amides is 2. The molecule has 0 fully saturated rings. The average Bonchev–Trinajstić information content (AvgIpc) is 2.89. The van der Waals surface area contributed by atoms with Crippen LogP contribution in [0.1, 0.15) is 43.0 Å². The Morgan fingerprint density at radius 3 is 2.15 bits per heavy atom. The van der Waals surface area contributed by atoms with E-state index in [1.54, 1.807) is 43.3 Å². The molecule has 0 bridgehead atoms. The number of nitrogens with zero attached hydrogens (tertiary/aromatic N) is 2. The molecule has 7 nitrogen and oxygen atoms in total. The third-order valence-electron chi connectivity index (χ3n) is 6.60. The lowest BCUT2D eigenvalue weighted by atomic mass is 10.1. The first-order valence-electron chi connectivity index (χ1n) is 13.3. The Labute approximate surface area is 243 Å². The Morgan fingerprint density at radius 2 is 1.55 bits per heavy atom. The fourth-order valence-electron chi connectivity index (χ4n) is 4.30. The predicted octanol–water partition coefficient (Wildman–Crippen LogP) is 5.65. The highest BCUT2D eigenvalue weighted by Crippen LogP contribution is 2.28. The standard InChI is InChI=1S/C31H38ClN3O4S/c1-21(2)18-33-31(37)25(6)34(19-26-8-7-9-27(32)17-26)30(36)20-35(29-15-12-23(4)16-24(29)5)40(38,39)28-13-10-22(3)11-14-28/h7-17,21,25H,18-20H2,1-6H3,(H,33,37)/t25-/m0/s1. The summed E-state index contributed by atoms with van der Waals surface area (Å²) in [4.78, 5) is 28.6. The molecule has 0 unspecified atom stereocenters. The van der Waals surface area contributed by atoms with E-state index in [1.165, 1.54) is 17.0 Å². The van der Waals surface area contributed by atoms with Crippen LogP contribution < -0.4 is 9.62 Å². The van der Waals surface area contributed by atoms with E-state index in [-0.39, 0.29) is 23.3 Å². The largest absolute Gasteiger partial charge is 0.354 e. The number of hydrogen-bond acceptors (Lipinski definition) is 4. The van der Waals surface area contributed by atoms with E-state index in [1.807, 2.05) is 52.8 Å². The third kappa shape index (κ3) is 7.86. The molecule has 0 aliphatic rings. The lowest BCUT2D eigenvalue weighted by molar-refractivity contribution is -0.139. The predicted molar refractivity (Wildman–Crippen MR) is 161 cm³/mol. The van der Waals surface area contributed by atoms with Gasteiger partial charge in [-0.3, -0.25) is 13.9 Å². The smallest absolute Gasteiger partial charge is 0.264 e. The van der Waals surface area contributed by atoms with Crippen LogP contribution in [-0.2, 0) is 26.2 Å². The van der Waals surface area contributed by atoms with Gasteiger partial charge in [0.25, 0.3) is 10.0 Å². The number of anilines is 1. The fraction of sp³-hybridized carbons (Fsp3) is 0.355. The molecular weight excluding hydrogens is 546 g/mol. The van der Waals surface area contributed by atoms with Crippen molar-refractivity contribution in [3.8, 4) is 0 Å². The topological polar surface area (TPSA) is 86.8 Å². The molecule has 9 heteroatoms. The molecule has 40 heavy (non-hydrogen) atoms. The Morgan fingerprint density at radius 1 is 0.900 bits per heavy atom. The summed E-state index contributed by atoms with van der Waals surface area (Å²) in [5, 5.41) is 3.39. The van der Waals surface area contributed by atoms with Gasteiger partial charge in [0.15, 0.2) is 0 Å². The summed E-state index contributed by atoms with van der Waals surface area (Å²) in [6.07, 6.45) is 0. The number of nitrogens with one attached hydrogen (secondary N) is 1. The first kappa shape index (κ1) is 31.2. The van der Waals surface area contributed by atoms with Crippen molar-refractivity contribution >= 4 is 39.1 Å². The van der Waals surface area contributed by atoms with Crippen molar-refractivity contribution in [1.82, 2.24) is 10.2 Å². The van der Waals surface area contributed by atoms with Gasteiger partial charge in [-0.05, 0) is 75.1 Å². The van der Waals surface area contributed by atoms with Gasteiger partial charge in [-0.1, -0.05) is 73.0 Å².